The van der Waals surface area contributed by atoms with Crippen LogP contribution in [0.2, 0.25) is 0 Å². The van der Waals surface area contributed by atoms with Gasteiger partial charge in [-0.1, -0.05) is 6.07 Å². The number of urea groups is 1. The van der Waals surface area contributed by atoms with E-state index in [2.05, 4.69) is 21.2 Å². The average molecular weight is 460 g/mol. The van der Waals surface area contributed by atoms with Gasteiger partial charge in [-0.15, -0.1) is 0 Å². The van der Waals surface area contributed by atoms with Crippen LogP contribution in [0.15, 0.2) is 17.2 Å². The van der Waals surface area contributed by atoms with Crippen LogP contribution in [0.3, 0.4) is 0 Å². The van der Waals surface area contributed by atoms with E-state index in [0.717, 1.165) is 36.0 Å². The van der Waals surface area contributed by atoms with Gasteiger partial charge in [0.15, 0.2) is 20.7 Å². The summed E-state index contributed by atoms with van der Waals surface area (Å²) in [5.74, 6) is -0.0119. The van der Waals surface area contributed by atoms with Crippen molar-refractivity contribution < 1.29 is 18.9 Å². The Morgan fingerprint density at radius 1 is 1.22 bits per heavy atom. The SMILES string of the molecule is CC(C)n1nc(S(=N)(=O)NC(=O)Nc2c3c(cc4c2C(=O)CC4)CCC3)cc1C(C)(C)O. The van der Waals surface area contributed by atoms with Gasteiger partial charge in [-0.2, -0.15) is 5.10 Å². The molecule has 0 radical (unpaired) electrons. The Morgan fingerprint density at radius 2 is 1.94 bits per heavy atom. The fourth-order valence-electron chi connectivity index (χ4n) is 4.52. The molecule has 1 aromatic carbocycles. The zero-order valence-corrected chi connectivity index (χ0v) is 19.6. The maximum Gasteiger partial charge on any atom is 0.332 e. The lowest BCUT2D eigenvalue weighted by Crippen LogP contribution is -2.34. The Morgan fingerprint density at radius 3 is 2.56 bits per heavy atom. The number of aryl methyl sites for hydroxylation is 2. The zero-order valence-electron chi connectivity index (χ0n) is 18.7. The molecular weight excluding hydrogens is 430 g/mol. The predicted molar refractivity (Wildman–Crippen MR) is 120 cm³/mol. The van der Waals surface area contributed by atoms with Gasteiger partial charge < -0.3 is 10.4 Å². The molecule has 0 spiro atoms. The number of aliphatic hydroxyl groups is 1. The number of amides is 2. The Balaban J connectivity index is 1.63. The van der Waals surface area contributed by atoms with E-state index < -0.39 is 21.5 Å². The first-order valence-electron chi connectivity index (χ1n) is 10.8. The molecule has 10 heteroatoms. The molecule has 32 heavy (non-hydrogen) atoms. The number of Topliss-reactive ketones (excluding diaryl/α,β-unsaturated/α-hetero) is 1. The maximum absolute atomic E-state index is 13.1. The minimum atomic E-state index is -3.81. The molecule has 0 saturated heterocycles. The highest BCUT2D eigenvalue weighted by atomic mass is 32.2. The van der Waals surface area contributed by atoms with E-state index in [4.69, 9.17) is 4.78 Å². The molecular formula is C22H29N5O4S. The Hall–Kier alpha value is -2.72. The van der Waals surface area contributed by atoms with Crippen LogP contribution in [0.4, 0.5) is 10.5 Å². The molecule has 2 aliphatic rings. The predicted octanol–water partition coefficient (Wildman–Crippen LogP) is 3.45. The number of hydrogen-bond donors (Lipinski definition) is 4. The summed E-state index contributed by atoms with van der Waals surface area (Å²) in [5, 5.41) is 17.2. The topological polar surface area (TPSA) is 137 Å². The highest BCUT2D eigenvalue weighted by molar-refractivity contribution is 7.91. The first-order chi connectivity index (χ1) is 14.9. The highest BCUT2D eigenvalue weighted by Gasteiger charge is 2.31. The number of hydrogen-bond acceptors (Lipinski definition) is 6. The van der Waals surface area contributed by atoms with Crippen LogP contribution in [0, 0.1) is 4.78 Å². The van der Waals surface area contributed by atoms with Crippen LogP contribution in [-0.4, -0.2) is 30.9 Å². The summed E-state index contributed by atoms with van der Waals surface area (Å²) in [4.78, 5) is 25.3. The van der Waals surface area contributed by atoms with Crippen molar-refractivity contribution >= 4 is 27.4 Å². The molecule has 2 aliphatic carbocycles. The zero-order chi connectivity index (χ0) is 23.4. The second-order valence-corrected chi connectivity index (χ2v) is 11.0. The highest BCUT2D eigenvalue weighted by Crippen LogP contribution is 2.38. The third-order valence-electron chi connectivity index (χ3n) is 5.98. The van der Waals surface area contributed by atoms with Gasteiger partial charge in [0.2, 0.25) is 0 Å². The minimum Gasteiger partial charge on any atom is -0.384 e. The van der Waals surface area contributed by atoms with Gasteiger partial charge in [-0.3, -0.25) is 9.48 Å². The quantitative estimate of drug-likeness (QED) is 0.543. The standard InChI is InChI=1S/C22H29N5O4S/c1-12(2)27-17(22(3,4)30)11-18(25-27)32(23,31)26-21(29)24-20-15-7-5-6-13(15)10-14-8-9-16(28)19(14)20/h10-12,30H,5-9H2,1-4H3,(H3,23,24,26,29,31). The molecule has 1 aromatic heterocycles. The van der Waals surface area contributed by atoms with E-state index in [0.29, 0.717) is 29.8 Å². The first kappa shape index (κ1) is 22.5. The summed E-state index contributed by atoms with van der Waals surface area (Å²) in [6, 6.07) is 2.48. The van der Waals surface area contributed by atoms with Gasteiger partial charge in [0.25, 0.3) is 0 Å². The molecule has 9 nitrogen and oxygen atoms in total. The third kappa shape index (κ3) is 3.93. The van der Waals surface area contributed by atoms with E-state index in [1.54, 1.807) is 13.8 Å². The van der Waals surface area contributed by atoms with Crippen molar-refractivity contribution in [2.75, 3.05) is 5.32 Å². The summed E-state index contributed by atoms with van der Waals surface area (Å²) in [6.07, 6.45) is 3.67. The summed E-state index contributed by atoms with van der Waals surface area (Å²) in [6.45, 7) is 6.86. The molecule has 0 fully saturated rings. The number of fused-ring (bicyclic) bond motifs is 2. The van der Waals surface area contributed by atoms with E-state index >= 15 is 0 Å². The molecule has 1 heterocycles. The molecule has 4 rings (SSSR count). The van der Waals surface area contributed by atoms with Crippen molar-refractivity contribution in [3.05, 3.63) is 40.1 Å². The molecule has 2 aromatic rings. The Kier molecular flexibility index (Phi) is 5.41. The number of ketones is 1. The van der Waals surface area contributed by atoms with E-state index in [-0.39, 0.29) is 16.9 Å². The number of carbonyl (C=O) groups excluding carboxylic acids is 2. The van der Waals surface area contributed by atoms with Crippen LogP contribution in [0.5, 0.6) is 0 Å². The number of rotatable bonds is 5. The summed E-state index contributed by atoms with van der Waals surface area (Å²) in [5.41, 5.74) is 3.15. The molecule has 1 atom stereocenters. The molecule has 0 aliphatic heterocycles. The molecule has 1 unspecified atom stereocenters. The number of carbonyl (C=O) groups is 2. The normalized spacial score (nSPS) is 17.2. The van der Waals surface area contributed by atoms with Crippen LogP contribution < -0.4 is 10.0 Å². The van der Waals surface area contributed by atoms with Gasteiger partial charge in [-0.05, 0) is 70.1 Å². The monoisotopic (exact) mass is 459 g/mol. The number of benzene rings is 1. The van der Waals surface area contributed by atoms with Crippen LogP contribution in [0.1, 0.15) is 79.3 Å². The fourth-order valence-corrected chi connectivity index (χ4v) is 5.41. The molecule has 4 N–H and O–H groups in total. The number of nitrogens with one attached hydrogen (secondary N) is 3. The van der Waals surface area contributed by atoms with Crippen molar-refractivity contribution in [2.24, 2.45) is 0 Å². The molecule has 0 bridgehead atoms. The van der Waals surface area contributed by atoms with Crippen molar-refractivity contribution in [1.82, 2.24) is 14.5 Å². The van der Waals surface area contributed by atoms with Crippen LogP contribution in [-0.2, 0) is 34.8 Å². The van der Waals surface area contributed by atoms with E-state index in [1.165, 1.54) is 10.7 Å². The van der Waals surface area contributed by atoms with Crippen LogP contribution >= 0.6 is 0 Å². The maximum atomic E-state index is 13.1. The lowest BCUT2D eigenvalue weighted by Gasteiger charge is -2.20. The Bertz CT molecular complexity index is 1220. The number of aromatic nitrogens is 2. The van der Waals surface area contributed by atoms with Crippen molar-refractivity contribution in [3.8, 4) is 0 Å². The van der Waals surface area contributed by atoms with Crippen molar-refractivity contribution in [3.63, 3.8) is 0 Å². The lowest BCUT2D eigenvalue weighted by atomic mass is 9.98. The molecule has 0 saturated carbocycles. The molecule has 172 valence electrons. The largest absolute Gasteiger partial charge is 0.384 e. The minimum absolute atomic E-state index is 0.0119. The van der Waals surface area contributed by atoms with Gasteiger partial charge in [-0.25, -0.2) is 18.5 Å². The third-order valence-corrected chi connectivity index (χ3v) is 7.24. The average Bonchev–Trinajstić information content (AvgIpc) is 3.38. The molecule has 2 amide bonds. The Labute approximate surface area is 187 Å². The van der Waals surface area contributed by atoms with E-state index in [1.807, 2.05) is 13.8 Å². The van der Waals surface area contributed by atoms with Crippen molar-refractivity contribution in [1.29, 1.82) is 4.78 Å². The second kappa shape index (κ2) is 7.70. The van der Waals surface area contributed by atoms with Gasteiger partial charge in [0, 0.05) is 24.1 Å². The van der Waals surface area contributed by atoms with Gasteiger partial charge >= 0.3 is 6.03 Å². The summed E-state index contributed by atoms with van der Waals surface area (Å²) in [7, 11) is -3.81. The van der Waals surface area contributed by atoms with Gasteiger partial charge in [0.05, 0.1) is 11.4 Å². The summed E-state index contributed by atoms with van der Waals surface area (Å²) >= 11 is 0. The van der Waals surface area contributed by atoms with Crippen LogP contribution in [0.25, 0.3) is 0 Å². The van der Waals surface area contributed by atoms with Crippen molar-refractivity contribution in [2.45, 2.75) is 76.5 Å². The number of anilines is 1. The lowest BCUT2D eigenvalue weighted by molar-refractivity contribution is 0.0669. The van der Waals surface area contributed by atoms with E-state index in [9.17, 15) is 18.9 Å². The first-order valence-corrected chi connectivity index (χ1v) is 12.3. The smallest absolute Gasteiger partial charge is 0.332 e. The summed E-state index contributed by atoms with van der Waals surface area (Å²) < 4.78 is 25.1. The van der Waals surface area contributed by atoms with Gasteiger partial charge in [0.1, 0.15) is 5.60 Å². The number of nitrogens with zero attached hydrogens (tertiary/aromatic N) is 2. The second-order valence-electron chi connectivity index (χ2n) is 9.28. The fraction of sp³-hybridized carbons (Fsp3) is 0.500.